The Morgan fingerprint density at radius 1 is 1.26 bits per heavy atom. The second-order valence-corrected chi connectivity index (χ2v) is 5.09. The van der Waals surface area contributed by atoms with Crippen molar-refractivity contribution >= 4 is 17.5 Å². The molecule has 0 fully saturated rings. The molecule has 1 rings (SSSR count). The number of carbonyl (C=O) groups is 2. The molecule has 0 aliphatic heterocycles. The molecule has 3 N–H and O–H groups in total. The first-order valence-corrected chi connectivity index (χ1v) is 7.10. The van der Waals surface area contributed by atoms with Crippen LogP contribution in [-0.4, -0.2) is 29.6 Å². The summed E-state index contributed by atoms with van der Waals surface area (Å²) in [6, 6.07) is 2.90. The van der Waals surface area contributed by atoms with E-state index in [1.807, 2.05) is 0 Å². The van der Waals surface area contributed by atoms with Crippen molar-refractivity contribution in [3.8, 4) is 0 Å². The molecule has 5 nitrogen and oxygen atoms in total. The zero-order chi connectivity index (χ0) is 17.6. The number of alkyl halides is 3. The summed E-state index contributed by atoms with van der Waals surface area (Å²) in [7, 11) is 0. The van der Waals surface area contributed by atoms with E-state index in [9.17, 15) is 27.9 Å². The van der Waals surface area contributed by atoms with E-state index in [-0.39, 0.29) is 18.7 Å². The number of rotatable bonds is 5. The zero-order valence-electron chi connectivity index (χ0n) is 12.8. The van der Waals surface area contributed by atoms with Crippen LogP contribution in [0, 0.1) is 6.92 Å². The summed E-state index contributed by atoms with van der Waals surface area (Å²) >= 11 is 0. The first-order valence-electron chi connectivity index (χ1n) is 7.10. The van der Waals surface area contributed by atoms with E-state index in [0.717, 1.165) is 12.1 Å². The molecule has 1 unspecified atom stereocenters. The molecule has 23 heavy (non-hydrogen) atoms. The Morgan fingerprint density at radius 2 is 1.91 bits per heavy atom. The first kappa shape index (κ1) is 19.0. The SMILES string of the molecule is CCC(O)CCNC(=O)C(=O)Nc1cc(C(F)(F)F)ccc1C. The van der Waals surface area contributed by atoms with Crippen LogP contribution >= 0.6 is 0 Å². The lowest BCUT2D eigenvalue weighted by molar-refractivity contribution is -0.137. The van der Waals surface area contributed by atoms with Gasteiger partial charge in [-0.1, -0.05) is 13.0 Å². The van der Waals surface area contributed by atoms with Gasteiger partial charge in [-0.05, 0) is 37.5 Å². The molecule has 2 amide bonds. The van der Waals surface area contributed by atoms with Crippen LogP contribution in [0.3, 0.4) is 0 Å². The van der Waals surface area contributed by atoms with Crippen molar-refractivity contribution < 1.29 is 27.9 Å². The van der Waals surface area contributed by atoms with E-state index in [0.29, 0.717) is 12.0 Å². The van der Waals surface area contributed by atoms with E-state index in [1.54, 1.807) is 6.92 Å². The summed E-state index contributed by atoms with van der Waals surface area (Å²) in [6.45, 7) is 3.39. The molecule has 0 heterocycles. The lowest BCUT2D eigenvalue weighted by atomic mass is 10.1. The van der Waals surface area contributed by atoms with Gasteiger partial charge in [0.1, 0.15) is 0 Å². The minimum Gasteiger partial charge on any atom is -0.393 e. The van der Waals surface area contributed by atoms with E-state index < -0.39 is 29.7 Å². The summed E-state index contributed by atoms with van der Waals surface area (Å²) in [5.74, 6) is -2.02. The quantitative estimate of drug-likeness (QED) is 0.724. The van der Waals surface area contributed by atoms with Crippen LogP contribution in [0.15, 0.2) is 18.2 Å². The van der Waals surface area contributed by atoms with Gasteiger partial charge in [0.25, 0.3) is 0 Å². The Balaban J connectivity index is 2.68. The highest BCUT2D eigenvalue weighted by molar-refractivity contribution is 6.39. The van der Waals surface area contributed by atoms with Crippen molar-refractivity contribution in [2.45, 2.75) is 39.0 Å². The molecule has 0 aromatic heterocycles. The second-order valence-electron chi connectivity index (χ2n) is 5.09. The maximum atomic E-state index is 12.7. The highest BCUT2D eigenvalue weighted by Gasteiger charge is 2.31. The van der Waals surface area contributed by atoms with Crippen LogP contribution in [0.4, 0.5) is 18.9 Å². The predicted molar refractivity (Wildman–Crippen MR) is 78.7 cm³/mol. The monoisotopic (exact) mass is 332 g/mol. The third-order valence-electron chi connectivity index (χ3n) is 3.25. The Labute approximate surface area is 131 Å². The number of aliphatic hydroxyl groups is 1. The number of hydrogen-bond donors (Lipinski definition) is 3. The van der Waals surface area contributed by atoms with Crippen molar-refractivity contribution in [2.24, 2.45) is 0 Å². The molecule has 0 aliphatic rings. The summed E-state index contributed by atoms with van der Waals surface area (Å²) in [4.78, 5) is 23.3. The molecule has 128 valence electrons. The van der Waals surface area contributed by atoms with E-state index >= 15 is 0 Å². The van der Waals surface area contributed by atoms with Gasteiger partial charge in [-0.3, -0.25) is 9.59 Å². The number of benzene rings is 1. The maximum absolute atomic E-state index is 12.7. The smallest absolute Gasteiger partial charge is 0.393 e. The third kappa shape index (κ3) is 5.90. The van der Waals surface area contributed by atoms with Gasteiger partial charge in [0.15, 0.2) is 0 Å². The van der Waals surface area contributed by atoms with Crippen molar-refractivity contribution in [1.82, 2.24) is 5.32 Å². The largest absolute Gasteiger partial charge is 0.416 e. The first-order chi connectivity index (χ1) is 10.6. The molecule has 0 radical (unpaired) electrons. The molecule has 1 aromatic carbocycles. The van der Waals surface area contributed by atoms with Gasteiger partial charge in [-0.15, -0.1) is 0 Å². The van der Waals surface area contributed by atoms with E-state index in [2.05, 4.69) is 10.6 Å². The zero-order valence-corrected chi connectivity index (χ0v) is 12.8. The van der Waals surface area contributed by atoms with Crippen molar-refractivity contribution in [2.75, 3.05) is 11.9 Å². The number of carbonyl (C=O) groups excluding carboxylic acids is 2. The van der Waals surface area contributed by atoms with Crippen molar-refractivity contribution in [3.63, 3.8) is 0 Å². The van der Waals surface area contributed by atoms with Gasteiger partial charge in [-0.2, -0.15) is 13.2 Å². The number of anilines is 1. The molecular formula is C15H19F3N2O3. The number of halogens is 3. The Hall–Kier alpha value is -2.09. The molecule has 8 heteroatoms. The highest BCUT2D eigenvalue weighted by atomic mass is 19.4. The van der Waals surface area contributed by atoms with Crippen LogP contribution in [-0.2, 0) is 15.8 Å². The molecule has 0 aliphatic carbocycles. The van der Waals surface area contributed by atoms with Gasteiger partial charge in [0.05, 0.1) is 11.7 Å². The van der Waals surface area contributed by atoms with Crippen LogP contribution in [0.1, 0.15) is 30.9 Å². The summed E-state index contributed by atoms with van der Waals surface area (Å²) < 4.78 is 38.0. The molecular weight excluding hydrogens is 313 g/mol. The lowest BCUT2D eigenvalue weighted by Gasteiger charge is -2.13. The van der Waals surface area contributed by atoms with Crippen molar-refractivity contribution in [3.05, 3.63) is 29.3 Å². The minimum absolute atomic E-state index is 0.0754. The van der Waals surface area contributed by atoms with Crippen molar-refractivity contribution in [1.29, 1.82) is 0 Å². The summed E-state index contributed by atoms with van der Waals surface area (Å²) in [5, 5.41) is 13.8. The predicted octanol–water partition coefficient (Wildman–Crippen LogP) is 2.23. The fourth-order valence-corrected chi connectivity index (χ4v) is 1.75. The third-order valence-corrected chi connectivity index (χ3v) is 3.25. The van der Waals surface area contributed by atoms with E-state index in [4.69, 9.17) is 0 Å². The Kier molecular flexibility index (Phi) is 6.56. The van der Waals surface area contributed by atoms with E-state index in [1.165, 1.54) is 13.0 Å². The Morgan fingerprint density at radius 3 is 2.48 bits per heavy atom. The average molecular weight is 332 g/mol. The average Bonchev–Trinajstić information content (AvgIpc) is 2.47. The van der Waals surface area contributed by atoms with Crippen LogP contribution in [0.25, 0.3) is 0 Å². The minimum atomic E-state index is -4.54. The fraction of sp³-hybridized carbons (Fsp3) is 0.467. The molecule has 1 aromatic rings. The highest BCUT2D eigenvalue weighted by Crippen LogP contribution is 2.31. The number of amides is 2. The standard InChI is InChI=1S/C15H19F3N2O3/c1-3-11(21)6-7-19-13(22)14(23)20-12-8-10(15(16,17)18)5-4-9(12)2/h4-5,8,11,21H,3,6-7H2,1-2H3,(H,19,22)(H,20,23). The molecule has 0 saturated carbocycles. The lowest BCUT2D eigenvalue weighted by Crippen LogP contribution is -2.37. The second kappa shape index (κ2) is 7.96. The van der Waals surface area contributed by atoms with Gasteiger partial charge in [0, 0.05) is 12.2 Å². The Bertz CT molecular complexity index is 574. The van der Waals surface area contributed by atoms with Crippen LogP contribution in [0.2, 0.25) is 0 Å². The molecule has 1 atom stereocenters. The topological polar surface area (TPSA) is 78.4 Å². The number of hydrogen-bond acceptors (Lipinski definition) is 3. The van der Waals surface area contributed by atoms with Gasteiger partial charge < -0.3 is 15.7 Å². The number of aliphatic hydroxyl groups excluding tert-OH is 1. The maximum Gasteiger partial charge on any atom is 0.416 e. The number of nitrogens with one attached hydrogen (secondary N) is 2. The van der Waals surface area contributed by atoms with Gasteiger partial charge in [-0.25, -0.2) is 0 Å². The molecule has 0 spiro atoms. The summed E-state index contributed by atoms with van der Waals surface area (Å²) in [6.07, 6.45) is -4.31. The number of aryl methyl sites for hydroxylation is 1. The molecule has 0 bridgehead atoms. The molecule has 0 saturated heterocycles. The normalized spacial score (nSPS) is 12.6. The van der Waals surface area contributed by atoms with Crippen LogP contribution < -0.4 is 10.6 Å². The van der Waals surface area contributed by atoms with Gasteiger partial charge >= 0.3 is 18.0 Å². The van der Waals surface area contributed by atoms with Crippen LogP contribution in [0.5, 0.6) is 0 Å². The van der Waals surface area contributed by atoms with Gasteiger partial charge in [0.2, 0.25) is 0 Å². The summed E-state index contributed by atoms with van der Waals surface area (Å²) in [5.41, 5.74) is -0.584. The fourth-order valence-electron chi connectivity index (χ4n) is 1.75.